The summed E-state index contributed by atoms with van der Waals surface area (Å²) in [5.74, 6) is 0.193. The summed E-state index contributed by atoms with van der Waals surface area (Å²) in [6.07, 6.45) is 3.86. The van der Waals surface area contributed by atoms with Crippen LogP contribution in [0.15, 0.2) is 40.8 Å². The third-order valence-electron chi connectivity index (χ3n) is 3.85. The topological polar surface area (TPSA) is 72.7 Å². The standard InChI is InChI=1S/C17H19N3O3S/c1-11(15(21)18-13-6-7-13)20-8-9-24-17(20)19-16(22)12-4-3-5-14(10-12)23-2/h3-5,8-11,13H,6-7H2,1-2H3,(H,18,21). The van der Waals surface area contributed by atoms with Crippen molar-refractivity contribution in [2.75, 3.05) is 7.11 Å². The number of ether oxygens (including phenoxy) is 1. The Balaban J connectivity index is 1.83. The molecule has 24 heavy (non-hydrogen) atoms. The highest BCUT2D eigenvalue weighted by Gasteiger charge is 2.26. The highest BCUT2D eigenvalue weighted by atomic mass is 32.1. The molecule has 0 saturated heterocycles. The van der Waals surface area contributed by atoms with Crippen LogP contribution in [0.5, 0.6) is 5.75 Å². The predicted molar refractivity (Wildman–Crippen MR) is 91.1 cm³/mol. The fraction of sp³-hybridized carbons (Fsp3) is 0.353. The summed E-state index contributed by atoms with van der Waals surface area (Å²) in [6.45, 7) is 1.81. The summed E-state index contributed by atoms with van der Waals surface area (Å²) >= 11 is 1.33. The molecule has 3 rings (SSSR count). The molecule has 0 radical (unpaired) electrons. The lowest BCUT2D eigenvalue weighted by atomic mass is 10.2. The first-order valence-electron chi connectivity index (χ1n) is 7.77. The molecule has 1 aliphatic rings. The molecule has 0 aliphatic heterocycles. The van der Waals surface area contributed by atoms with E-state index in [4.69, 9.17) is 4.74 Å². The van der Waals surface area contributed by atoms with E-state index in [1.54, 1.807) is 49.1 Å². The molecular weight excluding hydrogens is 326 g/mol. The molecule has 0 bridgehead atoms. The number of rotatable bonds is 5. The number of amides is 2. The van der Waals surface area contributed by atoms with Crippen molar-refractivity contribution >= 4 is 23.2 Å². The van der Waals surface area contributed by atoms with Crippen molar-refractivity contribution < 1.29 is 14.3 Å². The molecule has 2 amide bonds. The molecule has 0 spiro atoms. The first-order chi connectivity index (χ1) is 11.6. The van der Waals surface area contributed by atoms with Gasteiger partial charge in [-0.05, 0) is 38.0 Å². The number of nitrogens with one attached hydrogen (secondary N) is 1. The lowest BCUT2D eigenvalue weighted by Gasteiger charge is -2.13. The van der Waals surface area contributed by atoms with E-state index >= 15 is 0 Å². The molecule has 2 aromatic rings. The van der Waals surface area contributed by atoms with Gasteiger partial charge in [-0.3, -0.25) is 9.59 Å². The smallest absolute Gasteiger partial charge is 0.279 e. The van der Waals surface area contributed by atoms with Crippen LogP contribution < -0.4 is 14.9 Å². The zero-order valence-corrected chi connectivity index (χ0v) is 14.4. The van der Waals surface area contributed by atoms with E-state index in [0.29, 0.717) is 22.2 Å². The molecular formula is C17H19N3O3S. The van der Waals surface area contributed by atoms with E-state index in [0.717, 1.165) is 12.8 Å². The zero-order chi connectivity index (χ0) is 17.1. The molecule has 1 aromatic carbocycles. The largest absolute Gasteiger partial charge is 0.497 e. The Morgan fingerprint density at radius 1 is 1.42 bits per heavy atom. The molecule has 126 valence electrons. The SMILES string of the molecule is COc1cccc(C(=O)N=c2sccn2C(C)C(=O)NC2CC2)c1. The first kappa shape index (κ1) is 16.4. The number of carbonyl (C=O) groups excluding carboxylic acids is 2. The lowest BCUT2D eigenvalue weighted by Crippen LogP contribution is -2.35. The average molecular weight is 345 g/mol. The van der Waals surface area contributed by atoms with E-state index in [1.165, 1.54) is 11.3 Å². The maximum atomic E-state index is 12.4. The zero-order valence-electron chi connectivity index (χ0n) is 13.6. The van der Waals surface area contributed by atoms with Crippen molar-refractivity contribution in [1.29, 1.82) is 0 Å². The summed E-state index contributed by atoms with van der Waals surface area (Å²) in [5, 5.41) is 4.79. The van der Waals surface area contributed by atoms with Gasteiger partial charge in [-0.1, -0.05) is 6.07 Å². The summed E-state index contributed by atoms with van der Waals surface area (Å²) < 4.78 is 6.85. The van der Waals surface area contributed by atoms with Gasteiger partial charge in [0.05, 0.1) is 7.11 Å². The van der Waals surface area contributed by atoms with E-state index < -0.39 is 6.04 Å². The summed E-state index contributed by atoms with van der Waals surface area (Å²) in [5.41, 5.74) is 0.449. The highest BCUT2D eigenvalue weighted by molar-refractivity contribution is 7.07. The molecule has 1 aromatic heterocycles. The molecule has 7 heteroatoms. The third-order valence-corrected chi connectivity index (χ3v) is 4.62. The van der Waals surface area contributed by atoms with Crippen molar-refractivity contribution in [2.24, 2.45) is 4.99 Å². The highest BCUT2D eigenvalue weighted by Crippen LogP contribution is 2.20. The quantitative estimate of drug-likeness (QED) is 0.902. The van der Waals surface area contributed by atoms with Gasteiger partial charge >= 0.3 is 0 Å². The van der Waals surface area contributed by atoms with E-state index in [-0.39, 0.29) is 11.8 Å². The fourth-order valence-corrected chi connectivity index (χ4v) is 3.03. The monoisotopic (exact) mass is 345 g/mol. The Morgan fingerprint density at radius 3 is 2.92 bits per heavy atom. The fourth-order valence-electron chi connectivity index (χ4n) is 2.24. The van der Waals surface area contributed by atoms with Crippen molar-refractivity contribution in [1.82, 2.24) is 9.88 Å². The van der Waals surface area contributed by atoms with Crippen LogP contribution in [-0.2, 0) is 4.79 Å². The molecule has 1 N–H and O–H groups in total. The van der Waals surface area contributed by atoms with Gasteiger partial charge in [-0.25, -0.2) is 0 Å². The van der Waals surface area contributed by atoms with Crippen molar-refractivity contribution in [3.8, 4) is 5.75 Å². The van der Waals surface area contributed by atoms with Crippen LogP contribution in [-0.4, -0.2) is 29.5 Å². The van der Waals surface area contributed by atoms with E-state index in [2.05, 4.69) is 10.3 Å². The summed E-state index contributed by atoms with van der Waals surface area (Å²) in [6, 6.07) is 6.75. The van der Waals surface area contributed by atoms with Crippen LogP contribution in [0.25, 0.3) is 0 Å². The second kappa shape index (κ2) is 7.00. The lowest BCUT2D eigenvalue weighted by molar-refractivity contribution is -0.124. The van der Waals surface area contributed by atoms with Crippen molar-refractivity contribution in [2.45, 2.75) is 31.8 Å². The Morgan fingerprint density at radius 2 is 2.21 bits per heavy atom. The predicted octanol–water partition coefficient (Wildman–Crippen LogP) is 2.14. The van der Waals surface area contributed by atoms with Crippen LogP contribution >= 0.6 is 11.3 Å². The molecule has 1 aliphatic carbocycles. The van der Waals surface area contributed by atoms with Crippen LogP contribution in [0.3, 0.4) is 0 Å². The number of methoxy groups -OCH3 is 1. The maximum absolute atomic E-state index is 12.4. The van der Waals surface area contributed by atoms with Gasteiger partial charge in [-0.15, -0.1) is 11.3 Å². The van der Waals surface area contributed by atoms with Gasteiger partial charge in [0.2, 0.25) is 5.91 Å². The van der Waals surface area contributed by atoms with Gasteiger partial charge in [0.1, 0.15) is 11.8 Å². The number of hydrogen-bond donors (Lipinski definition) is 1. The second-order valence-corrected chi connectivity index (χ2v) is 6.57. The number of aromatic nitrogens is 1. The molecule has 1 saturated carbocycles. The molecule has 1 atom stereocenters. The van der Waals surface area contributed by atoms with E-state index in [1.807, 2.05) is 5.38 Å². The van der Waals surface area contributed by atoms with Crippen LogP contribution in [0.4, 0.5) is 0 Å². The molecule has 1 heterocycles. The Bertz CT molecular complexity index is 820. The number of nitrogens with zero attached hydrogens (tertiary/aromatic N) is 2. The first-order valence-corrected chi connectivity index (χ1v) is 8.65. The van der Waals surface area contributed by atoms with Gasteiger partial charge in [0, 0.05) is 23.2 Å². The van der Waals surface area contributed by atoms with Crippen molar-refractivity contribution in [3.63, 3.8) is 0 Å². The van der Waals surface area contributed by atoms with Gasteiger partial charge in [0.15, 0.2) is 4.80 Å². The molecule has 1 unspecified atom stereocenters. The number of hydrogen-bond acceptors (Lipinski definition) is 4. The number of benzene rings is 1. The molecule has 6 nitrogen and oxygen atoms in total. The van der Waals surface area contributed by atoms with Gasteiger partial charge in [-0.2, -0.15) is 4.99 Å². The number of carbonyl (C=O) groups is 2. The summed E-state index contributed by atoms with van der Waals surface area (Å²) in [7, 11) is 1.55. The Kier molecular flexibility index (Phi) is 4.80. The van der Waals surface area contributed by atoms with Crippen molar-refractivity contribution in [3.05, 3.63) is 46.2 Å². The minimum Gasteiger partial charge on any atom is -0.497 e. The Hall–Kier alpha value is -2.41. The maximum Gasteiger partial charge on any atom is 0.279 e. The van der Waals surface area contributed by atoms with Gasteiger partial charge < -0.3 is 14.6 Å². The normalized spacial score (nSPS) is 15.8. The minimum atomic E-state index is -0.409. The van der Waals surface area contributed by atoms with E-state index in [9.17, 15) is 9.59 Å². The average Bonchev–Trinajstić information content (AvgIpc) is 3.29. The second-order valence-electron chi connectivity index (χ2n) is 5.70. The van der Waals surface area contributed by atoms with Gasteiger partial charge in [0.25, 0.3) is 5.91 Å². The minimum absolute atomic E-state index is 0.0498. The van der Waals surface area contributed by atoms with Crippen LogP contribution in [0, 0.1) is 0 Å². The van der Waals surface area contributed by atoms with Crippen LogP contribution in [0.2, 0.25) is 0 Å². The number of thiazole rings is 1. The summed E-state index contributed by atoms with van der Waals surface area (Å²) in [4.78, 5) is 29.3. The van der Waals surface area contributed by atoms with Crippen LogP contribution in [0.1, 0.15) is 36.2 Å². The Labute approximate surface area is 143 Å². The molecule has 1 fully saturated rings. The third kappa shape index (κ3) is 3.73.